The SMILES string of the molecule is CC1=NC2=C(C(=O)CCC2)[C@@H](c2cccc(I)c2)C1C(=O)OC1CCCCC1. The minimum Gasteiger partial charge on any atom is -0.462 e. The molecule has 0 bridgehead atoms. The fraction of sp³-hybridized carbons (Fsp3) is 0.522. The average molecular weight is 491 g/mol. The van der Waals surface area contributed by atoms with Crippen molar-refractivity contribution in [1.82, 2.24) is 0 Å². The zero-order valence-corrected chi connectivity index (χ0v) is 18.4. The first-order chi connectivity index (χ1) is 13.5. The molecule has 148 valence electrons. The molecule has 1 saturated carbocycles. The standard InChI is InChI=1S/C23H26INO3/c1-14-20(23(27)28-17-9-3-2-4-10-17)21(15-7-5-8-16(24)13-15)22-18(25-14)11-6-12-19(22)26/h5,7-8,13,17,20-21H,2-4,6,9-12H2,1H3/t20?,21-/m0/s1. The smallest absolute Gasteiger partial charge is 0.315 e. The number of Topliss-reactive ketones (excluding diaryl/α,β-unsaturated/α-hetero) is 1. The van der Waals surface area contributed by atoms with Gasteiger partial charge in [0.25, 0.3) is 0 Å². The summed E-state index contributed by atoms with van der Waals surface area (Å²) in [7, 11) is 0. The highest BCUT2D eigenvalue weighted by atomic mass is 127. The van der Waals surface area contributed by atoms with Gasteiger partial charge in [0.15, 0.2) is 5.78 Å². The molecule has 1 aliphatic heterocycles. The van der Waals surface area contributed by atoms with Crippen LogP contribution in [0.2, 0.25) is 0 Å². The van der Waals surface area contributed by atoms with Crippen LogP contribution in [0.25, 0.3) is 0 Å². The van der Waals surface area contributed by atoms with E-state index >= 15 is 0 Å². The van der Waals surface area contributed by atoms with Crippen molar-refractivity contribution in [2.24, 2.45) is 10.9 Å². The minimum atomic E-state index is -0.513. The van der Waals surface area contributed by atoms with E-state index in [0.29, 0.717) is 6.42 Å². The molecule has 0 radical (unpaired) electrons. The number of rotatable bonds is 3. The van der Waals surface area contributed by atoms with Gasteiger partial charge in [-0.2, -0.15) is 0 Å². The Morgan fingerprint density at radius 1 is 1.14 bits per heavy atom. The lowest BCUT2D eigenvalue weighted by Crippen LogP contribution is -2.38. The minimum absolute atomic E-state index is 0.00282. The zero-order chi connectivity index (χ0) is 19.7. The normalized spacial score (nSPS) is 25.9. The largest absolute Gasteiger partial charge is 0.462 e. The first-order valence-electron chi connectivity index (χ1n) is 10.3. The van der Waals surface area contributed by atoms with Crippen LogP contribution < -0.4 is 0 Å². The second kappa shape index (κ2) is 8.47. The highest BCUT2D eigenvalue weighted by molar-refractivity contribution is 14.1. The molecule has 4 rings (SSSR count). The van der Waals surface area contributed by atoms with E-state index in [1.165, 1.54) is 6.42 Å². The molecule has 2 aliphatic carbocycles. The van der Waals surface area contributed by atoms with Gasteiger partial charge in [0.2, 0.25) is 0 Å². The van der Waals surface area contributed by atoms with Crippen molar-refractivity contribution in [3.05, 3.63) is 44.7 Å². The maximum Gasteiger partial charge on any atom is 0.315 e. The van der Waals surface area contributed by atoms with E-state index in [1.807, 2.05) is 25.1 Å². The summed E-state index contributed by atoms with van der Waals surface area (Å²) in [5.41, 5.74) is 3.40. The predicted molar refractivity (Wildman–Crippen MR) is 117 cm³/mol. The number of benzene rings is 1. The first-order valence-corrected chi connectivity index (χ1v) is 11.4. The number of hydrogen-bond donors (Lipinski definition) is 0. The molecule has 0 amide bonds. The van der Waals surface area contributed by atoms with Crippen molar-refractivity contribution in [1.29, 1.82) is 0 Å². The van der Waals surface area contributed by atoms with Crippen molar-refractivity contribution in [2.45, 2.75) is 70.3 Å². The van der Waals surface area contributed by atoms with E-state index in [9.17, 15) is 9.59 Å². The topological polar surface area (TPSA) is 55.7 Å². The van der Waals surface area contributed by atoms with Crippen molar-refractivity contribution in [3.63, 3.8) is 0 Å². The molecule has 0 N–H and O–H groups in total. The van der Waals surface area contributed by atoms with Gasteiger partial charge in [0, 0.05) is 32.9 Å². The van der Waals surface area contributed by atoms with Crippen LogP contribution in [0.4, 0.5) is 0 Å². The molecule has 2 atom stereocenters. The molecule has 5 heteroatoms. The van der Waals surface area contributed by atoms with Crippen molar-refractivity contribution >= 4 is 40.1 Å². The maximum absolute atomic E-state index is 13.3. The van der Waals surface area contributed by atoms with Crippen LogP contribution in [0.5, 0.6) is 0 Å². The fourth-order valence-electron chi connectivity index (χ4n) is 4.79. The molecule has 0 spiro atoms. The Morgan fingerprint density at radius 3 is 2.68 bits per heavy atom. The Morgan fingerprint density at radius 2 is 1.93 bits per heavy atom. The number of ether oxygens (including phenoxy) is 1. The van der Waals surface area contributed by atoms with Crippen LogP contribution in [0.15, 0.2) is 40.5 Å². The predicted octanol–water partition coefficient (Wildman–Crippen LogP) is 5.35. The first kappa shape index (κ1) is 19.8. The number of halogens is 1. The molecule has 4 nitrogen and oxygen atoms in total. The summed E-state index contributed by atoms with van der Waals surface area (Å²) in [4.78, 5) is 30.9. The quantitative estimate of drug-likeness (QED) is 0.423. The average Bonchev–Trinajstić information content (AvgIpc) is 2.68. The van der Waals surface area contributed by atoms with Gasteiger partial charge in [-0.15, -0.1) is 0 Å². The summed E-state index contributed by atoms with van der Waals surface area (Å²) < 4.78 is 7.04. The van der Waals surface area contributed by atoms with E-state index in [0.717, 1.165) is 64.6 Å². The summed E-state index contributed by atoms with van der Waals surface area (Å²) in [6.45, 7) is 1.91. The lowest BCUT2D eigenvalue weighted by molar-refractivity contribution is -0.153. The Hall–Kier alpha value is -1.50. The molecule has 0 saturated heterocycles. The Balaban J connectivity index is 1.72. The number of hydrogen-bond acceptors (Lipinski definition) is 4. The van der Waals surface area contributed by atoms with Crippen molar-refractivity contribution < 1.29 is 14.3 Å². The van der Waals surface area contributed by atoms with Crippen LogP contribution in [0.1, 0.15) is 69.8 Å². The molecular weight excluding hydrogens is 465 g/mol. The molecule has 1 heterocycles. The maximum atomic E-state index is 13.3. The fourth-order valence-corrected chi connectivity index (χ4v) is 5.36. The van der Waals surface area contributed by atoms with Crippen molar-refractivity contribution in [2.75, 3.05) is 0 Å². The highest BCUT2D eigenvalue weighted by Gasteiger charge is 2.43. The van der Waals surface area contributed by atoms with E-state index in [-0.39, 0.29) is 23.8 Å². The van der Waals surface area contributed by atoms with Crippen LogP contribution in [-0.4, -0.2) is 23.6 Å². The third kappa shape index (κ3) is 3.95. The third-order valence-corrected chi connectivity index (χ3v) is 6.80. The summed E-state index contributed by atoms with van der Waals surface area (Å²) in [6, 6.07) is 8.13. The number of carbonyl (C=O) groups excluding carboxylic acids is 2. The lowest BCUT2D eigenvalue weighted by atomic mass is 9.72. The zero-order valence-electron chi connectivity index (χ0n) is 16.2. The summed E-state index contributed by atoms with van der Waals surface area (Å²) in [5, 5.41) is 0. The molecule has 1 aromatic rings. The van der Waals surface area contributed by atoms with Crippen LogP contribution in [-0.2, 0) is 14.3 Å². The number of nitrogens with zero attached hydrogens (tertiary/aromatic N) is 1. The summed E-state index contributed by atoms with van der Waals surface area (Å²) in [6.07, 6.45) is 7.52. The third-order valence-electron chi connectivity index (χ3n) is 6.13. The van der Waals surface area contributed by atoms with E-state index in [1.54, 1.807) is 0 Å². The molecule has 1 aromatic carbocycles. The number of aliphatic imine (C=N–C) groups is 1. The van der Waals surface area contributed by atoms with Crippen molar-refractivity contribution in [3.8, 4) is 0 Å². The van der Waals surface area contributed by atoms with Crippen LogP contribution in [0, 0.1) is 9.49 Å². The van der Waals surface area contributed by atoms with Crippen LogP contribution >= 0.6 is 22.6 Å². The number of carbonyl (C=O) groups is 2. The van der Waals surface area contributed by atoms with Gasteiger partial charge < -0.3 is 4.74 Å². The van der Waals surface area contributed by atoms with Gasteiger partial charge in [0.05, 0.1) is 0 Å². The molecular formula is C23H26INO3. The number of allylic oxidation sites excluding steroid dienone is 2. The van der Waals surface area contributed by atoms with E-state index in [2.05, 4.69) is 28.7 Å². The van der Waals surface area contributed by atoms with E-state index < -0.39 is 5.92 Å². The van der Waals surface area contributed by atoms with Crippen LogP contribution in [0.3, 0.4) is 0 Å². The Kier molecular flexibility index (Phi) is 5.99. The molecule has 1 fully saturated rings. The van der Waals surface area contributed by atoms with Gasteiger partial charge in [-0.05, 0) is 85.7 Å². The molecule has 28 heavy (non-hydrogen) atoms. The van der Waals surface area contributed by atoms with E-state index in [4.69, 9.17) is 9.73 Å². The second-order valence-corrected chi connectivity index (χ2v) is 9.34. The molecule has 1 unspecified atom stereocenters. The summed E-state index contributed by atoms with van der Waals surface area (Å²) in [5.74, 6) is -0.884. The number of ketones is 1. The lowest BCUT2D eigenvalue weighted by Gasteiger charge is -2.35. The highest BCUT2D eigenvalue weighted by Crippen LogP contribution is 2.44. The van der Waals surface area contributed by atoms with Gasteiger partial charge in [-0.25, -0.2) is 0 Å². The summed E-state index contributed by atoms with van der Waals surface area (Å²) >= 11 is 2.28. The Labute approximate surface area is 180 Å². The second-order valence-electron chi connectivity index (χ2n) is 8.10. The van der Waals surface area contributed by atoms with Gasteiger partial charge in [-0.1, -0.05) is 18.6 Å². The number of esters is 1. The Bertz CT molecular complexity index is 851. The molecule has 3 aliphatic rings. The monoisotopic (exact) mass is 491 g/mol. The molecule has 0 aromatic heterocycles. The van der Waals surface area contributed by atoms with Gasteiger partial charge in [0.1, 0.15) is 12.0 Å². The van der Waals surface area contributed by atoms with Gasteiger partial charge in [-0.3, -0.25) is 14.6 Å². The van der Waals surface area contributed by atoms with Gasteiger partial charge >= 0.3 is 5.97 Å².